The molecule has 0 spiro atoms. The van der Waals surface area contributed by atoms with Gasteiger partial charge in [0, 0.05) is 10.9 Å². The summed E-state index contributed by atoms with van der Waals surface area (Å²) < 4.78 is 0. The van der Waals surface area contributed by atoms with Crippen LogP contribution in [0.4, 0.5) is 0 Å². The van der Waals surface area contributed by atoms with Crippen LogP contribution in [0.5, 0.6) is 0 Å². The molecule has 1 heterocycles. The molecule has 0 amide bonds. The molecule has 0 unspecified atom stereocenters. The fraction of sp³-hybridized carbons (Fsp3) is 0.286. The van der Waals surface area contributed by atoms with Gasteiger partial charge in [-0.25, -0.2) is 4.98 Å². The summed E-state index contributed by atoms with van der Waals surface area (Å²) in [7, 11) is 0. The van der Waals surface area contributed by atoms with Gasteiger partial charge in [0.1, 0.15) is 10.3 Å². The van der Waals surface area contributed by atoms with Crippen molar-refractivity contribution < 1.29 is 0 Å². The van der Waals surface area contributed by atoms with Gasteiger partial charge in [-0.05, 0) is 11.6 Å². The van der Waals surface area contributed by atoms with Crippen molar-refractivity contribution in [1.82, 2.24) is 4.98 Å². The number of nitrogens with zero attached hydrogens (tertiary/aromatic N) is 1. The molecule has 0 aliphatic carbocycles. The van der Waals surface area contributed by atoms with Crippen molar-refractivity contribution in [3.8, 4) is 0 Å². The van der Waals surface area contributed by atoms with Crippen LogP contribution in [0.1, 0.15) is 11.1 Å². The van der Waals surface area contributed by atoms with Crippen molar-refractivity contribution in [1.29, 1.82) is 0 Å². The third-order valence-corrected chi connectivity index (χ3v) is 2.79. The molecule has 0 N–H and O–H groups in total. The van der Waals surface area contributed by atoms with Crippen molar-refractivity contribution in [2.45, 2.75) is 11.2 Å². The van der Waals surface area contributed by atoms with Gasteiger partial charge in [0.25, 0.3) is 0 Å². The highest BCUT2D eigenvalue weighted by atomic mass is 79.9. The summed E-state index contributed by atoms with van der Waals surface area (Å²) in [5, 5.41) is 1.45. The van der Waals surface area contributed by atoms with Gasteiger partial charge in [-0.3, -0.25) is 0 Å². The minimum Gasteiger partial charge on any atom is -0.224 e. The van der Waals surface area contributed by atoms with Crippen LogP contribution < -0.4 is 0 Å². The molecule has 5 heteroatoms. The Balaban J connectivity index is 3.24. The Bertz CT molecular complexity index is 290. The molecular formula is C7H5BrCl3N. The summed E-state index contributed by atoms with van der Waals surface area (Å²) >= 11 is 20.5. The molecule has 1 aromatic heterocycles. The standard InChI is InChI=1S/C7H5BrCl3N/c8-2-4-1-6(10)12-7(11)5(4)3-9/h1H,2-3H2. The van der Waals surface area contributed by atoms with Gasteiger partial charge in [-0.2, -0.15) is 0 Å². The summed E-state index contributed by atoms with van der Waals surface area (Å²) in [6, 6.07) is 1.75. The Hall–Kier alpha value is 0.500. The highest BCUT2D eigenvalue weighted by Crippen LogP contribution is 2.24. The lowest BCUT2D eigenvalue weighted by Gasteiger charge is -2.05. The molecule has 0 fully saturated rings. The molecule has 0 saturated heterocycles. The smallest absolute Gasteiger partial charge is 0.135 e. The Kier molecular flexibility index (Phi) is 4.11. The number of pyridine rings is 1. The largest absolute Gasteiger partial charge is 0.224 e. The minimum absolute atomic E-state index is 0.351. The maximum absolute atomic E-state index is 5.81. The molecule has 0 aromatic carbocycles. The summed E-state index contributed by atoms with van der Waals surface area (Å²) in [5.74, 6) is 0.351. The van der Waals surface area contributed by atoms with Crippen LogP contribution in [-0.2, 0) is 11.2 Å². The number of hydrogen-bond donors (Lipinski definition) is 0. The Morgan fingerprint density at radius 2 is 2.08 bits per heavy atom. The molecule has 1 rings (SSSR count). The van der Waals surface area contributed by atoms with E-state index in [1.165, 1.54) is 0 Å². The van der Waals surface area contributed by atoms with Crippen LogP contribution in [0.15, 0.2) is 6.07 Å². The predicted octanol–water partition coefficient (Wildman–Crippen LogP) is 4.02. The maximum atomic E-state index is 5.81. The summed E-state index contributed by atoms with van der Waals surface area (Å²) in [5.41, 5.74) is 1.81. The van der Waals surface area contributed by atoms with Crippen LogP contribution in [0.3, 0.4) is 0 Å². The van der Waals surface area contributed by atoms with E-state index in [-0.39, 0.29) is 0 Å². The zero-order chi connectivity index (χ0) is 9.14. The van der Waals surface area contributed by atoms with E-state index in [2.05, 4.69) is 20.9 Å². The van der Waals surface area contributed by atoms with E-state index >= 15 is 0 Å². The summed E-state index contributed by atoms with van der Waals surface area (Å²) in [6.45, 7) is 0. The quantitative estimate of drug-likeness (QED) is 0.592. The maximum Gasteiger partial charge on any atom is 0.135 e. The van der Waals surface area contributed by atoms with Crippen LogP contribution in [0.25, 0.3) is 0 Å². The first-order chi connectivity index (χ1) is 5.69. The SMILES string of the molecule is ClCc1c(CBr)cc(Cl)nc1Cl. The first-order valence-corrected chi connectivity index (χ1v) is 5.56. The zero-order valence-electron chi connectivity index (χ0n) is 5.95. The second kappa shape index (κ2) is 4.66. The average Bonchev–Trinajstić information content (AvgIpc) is 2.03. The van der Waals surface area contributed by atoms with E-state index in [4.69, 9.17) is 34.8 Å². The fourth-order valence-corrected chi connectivity index (χ4v) is 2.22. The Labute approximate surface area is 94.2 Å². The highest BCUT2D eigenvalue weighted by molar-refractivity contribution is 9.08. The van der Waals surface area contributed by atoms with Crippen molar-refractivity contribution >= 4 is 50.7 Å². The molecular weight excluding hydrogens is 284 g/mol. The van der Waals surface area contributed by atoms with Crippen molar-refractivity contribution in [2.24, 2.45) is 0 Å². The molecule has 0 aliphatic heterocycles. The van der Waals surface area contributed by atoms with Gasteiger partial charge in [-0.1, -0.05) is 39.1 Å². The van der Waals surface area contributed by atoms with Gasteiger partial charge in [0.2, 0.25) is 0 Å². The molecule has 0 saturated carbocycles. The van der Waals surface area contributed by atoms with Gasteiger partial charge in [0.15, 0.2) is 0 Å². The number of halogens is 4. The fourth-order valence-electron chi connectivity index (χ4n) is 0.817. The number of rotatable bonds is 2. The van der Waals surface area contributed by atoms with Gasteiger partial charge >= 0.3 is 0 Å². The van der Waals surface area contributed by atoms with E-state index in [1.54, 1.807) is 6.07 Å². The Morgan fingerprint density at radius 3 is 2.58 bits per heavy atom. The lowest BCUT2D eigenvalue weighted by molar-refractivity contribution is 1.19. The van der Waals surface area contributed by atoms with E-state index in [0.717, 1.165) is 11.1 Å². The molecule has 0 bridgehead atoms. The first-order valence-electron chi connectivity index (χ1n) is 3.14. The highest BCUT2D eigenvalue weighted by Gasteiger charge is 2.08. The van der Waals surface area contributed by atoms with Gasteiger partial charge in [0.05, 0.1) is 5.88 Å². The molecule has 1 nitrogen and oxygen atoms in total. The average molecular weight is 289 g/mol. The van der Waals surface area contributed by atoms with Crippen molar-refractivity contribution in [2.75, 3.05) is 0 Å². The topological polar surface area (TPSA) is 12.9 Å². The molecule has 0 atom stereocenters. The second-order valence-electron chi connectivity index (χ2n) is 2.14. The lowest BCUT2D eigenvalue weighted by Crippen LogP contribution is -1.92. The number of aromatic nitrogens is 1. The summed E-state index contributed by atoms with van der Waals surface area (Å²) in [6.07, 6.45) is 0. The number of alkyl halides is 2. The van der Waals surface area contributed by atoms with E-state index < -0.39 is 0 Å². The minimum atomic E-state index is 0.351. The van der Waals surface area contributed by atoms with Crippen LogP contribution >= 0.6 is 50.7 Å². The molecule has 1 aromatic rings. The first kappa shape index (κ1) is 10.6. The monoisotopic (exact) mass is 287 g/mol. The molecule has 66 valence electrons. The van der Waals surface area contributed by atoms with Gasteiger partial charge in [-0.15, -0.1) is 11.6 Å². The molecule has 0 radical (unpaired) electrons. The molecule has 0 aliphatic rings. The van der Waals surface area contributed by atoms with E-state index in [0.29, 0.717) is 21.5 Å². The Morgan fingerprint density at radius 1 is 1.42 bits per heavy atom. The predicted molar refractivity (Wildman–Crippen MR) is 56.4 cm³/mol. The van der Waals surface area contributed by atoms with Gasteiger partial charge < -0.3 is 0 Å². The van der Waals surface area contributed by atoms with E-state index in [1.807, 2.05) is 0 Å². The van der Waals surface area contributed by atoms with Crippen LogP contribution in [-0.4, -0.2) is 4.98 Å². The summed E-state index contributed by atoms with van der Waals surface area (Å²) in [4.78, 5) is 3.88. The molecule has 12 heavy (non-hydrogen) atoms. The third kappa shape index (κ3) is 2.25. The second-order valence-corrected chi connectivity index (χ2v) is 3.71. The van der Waals surface area contributed by atoms with Crippen LogP contribution in [0, 0.1) is 0 Å². The zero-order valence-corrected chi connectivity index (χ0v) is 9.80. The van der Waals surface area contributed by atoms with Crippen molar-refractivity contribution in [3.05, 3.63) is 27.5 Å². The van der Waals surface area contributed by atoms with E-state index in [9.17, 15) is 0 Å². The lowest BCUT2D eigenvalue weighted by atomic mass is 10.2. The normalized spacial score (nSPS) is 10.3. The van der Waals surface area contributed by atoms with Crippen molar-refractivity contribution in [3.63, 3.8) is 0 Å². The number of hydrogen-bond acceptors (Lipinski definition) is 1. The van der Waals surface area contributed by atoms with Crippen LogP contribution in [0.2, 0.25) is 10.3 Å². The third-order valence-electron chi connectivity index (χ3n) is 1.41.